The van der Waals surface area contributed by atoms with E-state index in [0.29, 0.717) is 11.7 Å². The third-order valence-electron chi connectivity index (χ3n) is 4.50. The van der Waals surface area contributed by atoms with Gasteiger partial charge in [0.15, 0.2) is 0 Å². The van der Waals surface area contributed by atoms with Gasteiger partial charge in [-0.2, -0.15) is 4.80 Å². The molecule has 7 nitrogen and oxygen atoms in total. The lowest BCUT2D eigenvalue weighted by Gasteiger charge is -2.17. The molecule has 1 aliphatic rings. The van der Waals surface area contributed by atoms with Gasteiger partial charge in [-0.05, 0) is 30.9 Å². The van der Waals surface area contributed by atoms with E-state index >= 15 is 0 Å². The molecule has 1 amide bonds. The number of benzene rings is 1. The van der Waals surface area contributed by atoms with Gasteiger partial charge in [0, 0.05) is 12.1 Å². The number of rotatable bonds is 6. The van der Waals surface area contributed by atoms with Gasteiger partial charge in [-0.15, -0.1) is 10.2 Å². The van der Waals surface area contributed by atoms with Crippen molar-refractivity contribution in [3.63, 3.8) is 0 Å². The highest BCUT2D eigenvalue weighted by Gasteiger charge is 2.23. The molecule has 24 heavy (non-hydrogen) atoms. The Kier molecular flexibility index (Phi) is 5.20. The number of aryl methyl sites for hydroxylation is 1. The van der Waals surface area contributed by atoms with Gasteiger partial charge in [0.2, 0.25) is 11.7 Å². The average molecular weight is 329 g/mol. The zero-order chi connectivity index (χ0) is 16.9. The lowest BCUT2D eigenvalue weighted by Crippen LogP contribution is -2.37. The summed E-state index contributed by atoms with van der Waals surface area (Å²) >= 11 is 0. The molecule has 2 aromatic rings. The van der Waals surface area contributed by atoms with Crippen LogP contribution >= 0.6 is 0 Å². The molecule has 1 aromatic carbocycles. The first kappa shape index (κ1) is 16.6. The van der Waals surface area contributed by atoms with Crippen molar-refractivity contribution in [3.8, 4) is 11.4 Å². The molecule has 1 aliphatic carbocycles. The molecule has 2 N–H and O–H groups in total. The Morgan fingerprint density at radius 2 is 2.04 bits per heavy atom. The van der Waals surface area contributed by atoms with Crippen LogP contribution in [0, 0.1) is 12.8 Å². The van der Waals surface area contributed by atoms with Crippen LogP contribution in [0.5, 0.6) is 0 Å². The Balaban J connectivity index is 1.50. The number of tetrazole rings is 1. The fourth-order valence-corrected chi connectivity index (χ4v) is 3.04. The zero-order valence-corrected chi connectivity index (χ0v) is 13.9. The van der Waals surface area contributed by atoms with E-state index < -0.39 is 6.10 Å². The van der Waals surface area contributed by atoms with Crippen LogP contribution in [-0.4, -0.2) is 43.9 Å². The summed E-state index contributed by atoms with van der Waals surface area (Å²) in [5, 5.41) is 24.9. The van der Waals surface area contributed by atoms with Crippen LogP contribution in [0.2, 0.25) is 0 Å². The number of amides is 1. The second-order valence-electron chi connectivity index (χ2n) is 6.43. The van der Waals surface area contributed by atoms with E-state index in [9.17, 15) is 9.90 Å². The minimum Gasteiger partial charge on any atom is -0.391 e. The van der Waals surface area contributed by atoms with E-state index in [-0.39, 0.29) is 19.0 Å². The van der Waals surface area contributed by atoms with E-state index in [4.69, 9.17) is 0 Å². The monoisotopic (exact) mass is 329 g/mol. The fraction of sp³-hybridized carbons (Fsp3) is 0.529. The smallest absolute Gasteiger partial charge is 0.243 e. The van der Waals surface area contributed by atoms with Crippen LogP contribution in [0.4, 0.5) is 0 Å². The number of nitrogens with zero attached hydrogens (tertiary/aromatic N) is 4. The Morgan fingerprint density at radius 3 is 2.75 bits per heavy atom. The molecule has 7 heteroatoms. The number of hydrogen-bond donors (Lipinski definition) is 2. The van der Waals surface area contributed by atoms with E-state index in [1.54, 1.807) is 0 Å². The van der Waals surface area contributed by atoms with Crippen LogP contribution in [0.3, 0.4) is 0 Å². The highest BCUT2D eigenvalue weighted by Crippen LogP contribution is 2.27. The van der Waals surface area contributed by atoms with Crippen molar-refractivity contribution in [2.45, 2.75) is 45.3 Å². The Bertz CT molecular complexity index is 677. The van der Waals surface area contributed by atoms with Gasteiger partial charge in [0.25, 0.3) is 0 Å². The number of carbonyl (C=O) groups is 1. The van der Waals surface area contributed by atoms with E-state index in [1.807, 2.05) is 31.2 Å². The lowest BCUT2D eigenvalue weighted by molar-refractivity contribution is -0.122. The molecular weight excluding hydrogens is 306 g/mol. The van der Waals surface area contributed by atoms with Crippen LogP contribution < -0.4 is 5.32 Å². The van der Waals surface area contributed by atoms with Gasteiger partial charge >= 0.3 is 0 Å². The minimum atomic E-state index is -0.469. The van der Waals surface area contributed by atoms with Gasteiger partial charge in [-0.25, -0.2) is 0 Å². The quantitative estimate of drug-likeness (QED) is 0.834. The summed E-state index contributed by atoms with van der Waals surface area (Å²) in [6, 6.07) is 7.81. The highest BCUT2D eigenvalue weighted by atomic mass is 16.3. The normalized spacial score (nSPS) is 16.2. The molecule has 0 bridgehead atoms. The van der Waals surface area contributed by atoms with Gasteiger partial charge in [-0.1, -0.05) is 42.7 Å². The average Bonchev–Trinajstić information content (AvgIpc) is 3.25. The summed E-state index contributed by atoms with van der Waals surface area (Å²) in [4.78, 5) is 13.2. The topological polar surface area (TPSA) is 92.9 Å². The Morgan fingerprint density at radius 1 is 1.33 bits per heavy atom. The third kappa shape index (κ3) is 4.17. The van der Waals surface area contributed by atoms with Crippen molar-refractivity contribution >= 4 is 5.91 Å². The molecule has 1 heterocycles. The van der Waals surface area contributed by atoms with E-state index in [2.05, 4.69) is 20.7 Å². The molecule has 1 fully saturated rings. The number of hydrogen-bond acceptors (Lipinski definition) is 5. The molecule has 3 rings (SSSR count). The van der Waals surface area contributed by atoms with Crippen LogP contribution in [-0.2, 0) is 11.3 Å². The van der Waals surface area contributed by atoms with Gasteiger partial charge < -0.3 is 10.4 Å². The number of nitrogens with one attached hydrogen (secondary N) is 1. The first-order valence-electron chi connectivity index (χ1n) is 8.41. The largest absolute Gasteiger partial charge is 0.391 e. The summed E-state index contributed by atoms with van der Waals surface area (Å²) in [7, 11) is 0. The maximum absolute atomic E-state index is 12.0. The first-order chi connectivity index (χ1) is 11.6. The number of carbonyl (C=O) groups excluding carboxylic acids is 1. The van der Waals surface area contributed by atoms with Crippen molar-refractivity contribution in [1.29, 1.82) is 0 Å². The van der Waals surface area contributed by atoms with Crippen molar-refractivity contribution in [1.82, 2.24) is 25.5 Å². The highest BCUT2D eigenvalue weighted by molar-refractivity contribution is 5.75. The van der Waals surface area contributed by atoms with E-state index in [1.165, 1.54) is 17.6 Å². The predicted molar refractivity (Wildman–Crippen MR) is 89.0 cm³/mol. The number of aliphatic hydroxyl groups is 1. The second-order valence-corrected chi connectivity index (χ2v) is 6.43. The van der Waals surface area contributed by atoms with Gasteiger partial charge in [0.1, 0.15) is 6.54 Å². The zero-order valence-electron chi connectivity index (χ0n) is 13.9. The summed E-state index contributed by atoms with van der Waals surface area (Å²) in [6.45, 7) is 2.29. The molecule has 1 atom stereocenters. The van der Waals surface area contributed by atoms with Gasteiger partial charge in [0.05, 0.1) is 6.10 Å². The Hall–Kier alpha value is -2.28. The molecule has 0 saturated heterocycles. The van der Waals surface area contributed by atoms with Crippen LogP contribution in [0.25, 0.3) is 11.4 Å². The summed E-state index contributed by atoms with van der Waals surface area (Å²) < 4.78 is 0. The second kappa shape index (κ2) is 7.53. The summed E-state index contributed by atoms with van der Waals surface area (Å²) in [5.74, 6) is 0.580. The third-order valence-corrected chi connectivity index (χ3v) is 4.50. The van der Waals surface area contributed by atoms with Gasteiger partial charge in [-0.3, -0.25) is 4.79 Å². The standard InChI is InChI=1S/C17H23N5O2/c1-12-6-8-14(9-7-12)17-19-21-22(20-17)11-16(24)18-10-15(23)13-4-2-3-5-13/h6-9,13,15,23H,2-5,10-11H2,1H3,(H,18,24). The van der Waals surface area contributed by atoms with Crippen LogP contribution in [0.1, 0.15) is 31.2 Å². The molecule has 1 saturated carbocycles. The minimum absolute atomic E-state index is 0.00372. The van der Waals surface area contributed by atoms with Crippen molar-refractivity contribution < 1.29 is 9.90 Å². The lowest BCUT2D eigenvalue weighted by atomic mass is 10.0. The van der Waals surface area contributed by atoms with E-state index in [0.717, 1.165) is 24.0 Å². The van der Waals surface area contributed by atoms with Crippen LogP contribution in [0.15, 0.2) is 24.3 Å². The molecule has 0 radical (unpaired) electrons. The molecule has 128 valence electrons. The molecule has 1 unspecified atom stereocenters. The van der Waals surface area contributed by atoms with Crippen molar-refractivity contribution in [2.75, 3.05) is 6.54 Å². The fourth-order valence-electron chi connectivity index (χ4n) is 3.04. The number of aliphatic hydroxyl groups excluding tert-OH is 1. The first-order valence-corrected chi connectivity index (χ1v) is 8.41. The molecule has 1 aromatic heterocycles. The maximum Gasteiger partial charge on any atom is 0.243 e. The Labute approximate surface area is 141 Å². The number of aromatic nitrogens is 4. The molecule has 0 spiro atoms. The summed E-state index contributed by atoms with van der Waals surface area (Å²) in [5.41, 5.74) is 2.02. The maximum atomic E-state index is 12.0. The van der Waals surface area contributed by atoms with Crippen molar-refractivity contribution in [3.05, 3.63) is 29.8 Å². The molecule has 0 aliphatic heterocycles. The van der Waals surface area contributed by atoms with Crippen molar-refractivity contribution in [2.24, 2.45) is 5.92 Å². The molecular formula is C17H23N5O2. The SMILES string of the molecule is Cc1ccc(-c2nnn(CC(=O)NCC(O)C3CCCC3)n2)cc1. The predicted octanol–water partition coefficient (Wildman–Crippen LogP) is 1.32. The summed E-state index contributed by atoms with van der Waals surface area (Å²) in [6.07, 6.45) is 3.95.